The molecule has 118 valence electrons. The monoisotopic (exact) mass is 309 g/mol. The topological polar surface area (TPSA) is 53.1 Å². The van der Waals surface area contributed by atoms with Gasteiger partial charge in [0.25, 0.3) is 0 Å². The highest BCUT2D eigenvalue weighted by Gasteiger charge is 2.21. The number of rotatable bonds is 4. The summed E-state index contributed by atoms with van der Waals surface area (Å²) >= 11 is 0. The minimum absolute atomic E-state index is 0.0253. The lowest BCUT2D eigenvalue weighted by Gasteiger charge is -2.25. The summed E-state index contributed by atoms with van der Waals surface area (Å²) in [6, 6.07) is 12.4. The predicted molar refractivity (Wildman–Crippen MR) is 85.9 cm³/mol. The molecular formula is C18H19N3O2. The lowest BCUT2D eigenvalue weighted by Crippen LogP contribution is -2.20. The maximum atomic E-state index is 5.93. The fourth-order valence-electron chi connectivity index (χ4n) is 3.00. The van der Waals surface area contributed by atoms with Crippen molar-refractivity contribution >= 4 is 0 Å². The van der Waals surface area contributed by atoms with Crippen LogP contribution in [0, 0.1) is 0 Å². The second-order valence-corrected chi connectivity index (χ2v) is 5.75. The summed E-state index contributed by atoms with van der Waals surface area (Å²) in [6.07, 6.45) is 3.79. The second-order valence-electron chi connectivity index (χ2n) is 5.75. The molecule has 2 aromatic heterocycles. The molecule has 1 aromatic carbocycles. The Morgan fingerprint density at radius 3 is 3.00 bits per heavy atom. The number of ether oxygens (including phenoxy) is 1. The lowest BCUT2D eigenvalue weighted by molar-refractivity contribution is 0.0279. The van der Waals surface area contributed by atoms with Crippen molar-refractivity contribution in [2.24, 2.45) is 0 Å². The number of furan rings is 1. The minimum atomic E-state index is 0.0253. The zero-order valence-corrected chi connectivity index (χ0v) is 13.1. The van der Waals surface area contributed by atoms with Crippen LogP contribution in [0.2, 0.25) is 0 Å². The molecule has 0 N–H and O–H groups in total. The first kappa shape index (κ1) is 14.2. The molecule has 5 heteroatoms. The summed E-state index contributed by atoms with van der Waals surface area (Å²) in [4.78, 5) is 0. The minimum Gasteiger partial charge on any atom is -0.459 e. The smallest absolute Gasteiger partial charge is 0.156 e. The zero-order valence-electron chi connectivity index (χ0n) is 13.1. The van der Waals surface area contributed by atoms with E-state index in [1.807, 2.05) is 23.0 Å². The van der Waals surface area contributed by atoms with Crippen molar-refractivity contribution in [2.45, 2.75) is 32.4 Å². The molecule has 0 amide bonds. The van der Waals surface area contributed by atoms with Crippen LogP contribution in [0.3, 0.4) is 0 Å². The molecule has 0 fully saturated rings. The molecule has 0 radical (unpaired) electrons. The van der Waals surface area contributed by atoms with Gasteiger partial charge in [-0.2, -0.15) is 0 Å². The van der Waals surface area contributed by atoms with Gasteiger partial charge in [-0.15, -0.1) is 5.10 Å². The number of aromatic nitrogens is 3. The van der Waals surface area contributed by atoms with Gasteiger partial charge in [0.05, 0.1) is 19.3 Å². The van der Waals surface area contributed by atoms with Crippen molar-refractivity contribution in [1.82, 2.24) is 15.0 Å². The van der Waals surface area contributed by atoms with Crippen molar-refractivity contribution in [2.75, 3.05) is 6.61 Å². The highest BCUT2D eigenvalue weighted by molar-refractivity contribution is 5.50. The van der Waals surface area contributed by atoms with Gasteiger partial charge in [-0.05, 0) is 29.7 Å². The summed E-state index contributed by atoms with van der Waals surface area (Å²) in [5.41, 5.74) is 3.37. The van der Waals surface area contributed by atoms with Gasteiger partial charge in [-0.3, -0.25) is 0 Å². The number of fused-ring (bicyclic) bond motifs is 1. The third kappa shape index (κ3) is 2.80. The number of nitrogens with zero attached hydrogens (tertiary/aromatic N) is 3. The molecule has 0 saturated carbocycles. The van der Waals surface area contributed by atoms with Crippen LogP contribution in [-0.4, -0.2) is 21.6 Å². The molecule has 3 aromatic rings. The molecule has 0 bridgehead atoms. The van der Waals surface area contributed by atoms with Gasteiger partial charge < -0.3 is 9.15 Å². The van der Waals surface area contributed by atoms with Crippen LogP contribution in [0.5, 0.6) is 0 Å². The maximum absolute atomic E-state index is 5.93. The molecule has 5 nitrogen and oxygen atoms in total. The molecule has 0 spiro atoms. The Hall–Kier alpha value is -2.40. The third-order valence-corrected chi connectivity index (χ3v) is 4.25. The Labute approximate surface area is 134 Å². The van der Waals surface area contributed by atoms with Gasteiger partial charge >= 0.3 is 0 Å². The maximum Gasteiger partial charge on any atom is 0.156 e. The van der Waals surface area contributed by atoms with E-state index in [0.29, 0.717) is 6.54 Å². The van der Waals surface area contributed by atoms with Crippen LogP contribution in [0.15, 0.2) is 47.0 Å². The molecular weight excluding hydrogens is 290 g/mol. The van der Waals surface area contributed by atoms with Crippen LogP contribution in [0.25, 0.3) is 11.5 Å². The Morgan fingerprint density at radius 1 is 1.22 bits per heavy atom. The fourth-order valence-corrected chi connectivity index (χ4v) is 3.00. The van der Waals surface area contributed by atoms with Crippen molar-refractivity contribution in [3.63, 3.8) is 0 Å². The molecule has 23 heavy (non-hydrogen) atoms. The fraction of sp³-hybridized carbons (Fsp3) is 0.333. The van der Waals surface area contributed by atoms with E-state index in [1.54, 1.807) is 0 Å². The molecule has 1 aliphatic heterocycles. The quantitative estimate of drug-likeness (QED) is 0.741. The second kappa shape index (κ2) is 6.01. The Balaban J connectivity index is 1.54. The van der Waals surface area contributed by atoms with E-state index in [-0.39, 0.29) is 6.10 Å². The van der Waals surface area contributed by atoms with Gasteiger partial charge in [-0.1, -0.05) is 36.4 Å². The van der Waals surface area contributed by atoms with Crippen molar-refractivity contribution < 1.29 is 9.15 Å². The van der Waals surface area contributed by atoms with Gasteiger partial charge in [0, 0.05) is 6.42 Å². The van der Waals surface area contributed by atoms with E-state index in [9.17, 15) is 0 Å². The number of aryl methyl sites for hydroxylation is 1. The molecule has 1 atom stereocenters. The molecule has 4 rings (SSSR count). The van der Waals surface area contributed by atoms with Crippen molar-refractivity contribution in [1.29, 1.82) is 0 Å². The Kier molecular flexibility index (Phi) is 3.71. The summed E-state index contributed by atoms with van der Waals surface area (Å²) in [5, 5.41) is 8.44. The van der Waals surface area contributed by atoms with E-state index in [4.69, 9.17) is 9.15 Å². The zero-order chi connectivity index (χ0) is 15.6. The third-order valence-electron chi connectivity index (χ3n) is 4.25. The van der Waals surface area contributed by atoms with Crippen LogP contribution >= 0.6 is 0 Å². The molecule has 0 aliphatic carbocycles. The molecule has 0 saturated heterocycles. The van der Waals surface area contributed by atoms with Crippen molar-refractivity contribution in [3.8, 4) is 11.5 Å². The molecule has 3 heterocycles. The van der Waals surface area contributed by atoms with E-state index >= 15 is 0 Å². The van der Waals surface area contributed by atoms with Crippen LogP contribution in [0.4, 0.5) is 0 Å². The summed E-state index contributed by atoms with van der Waals surface area (Å²) in [7, 11) is 0. The first-order valence-corrected chi connectivity index (χ1v) is 8.02. The van der Waals surface area contributed by atoms with E-state index in [0.717, 1.165) is 36.7 Å². The first-order valence-electron chi connectivity index (χ1n) is 8.02. The van der Waals surface area contributed by atoms with E-state index < -0.39 is 0 Å². The lowest BCUT2D eigenvalue weighted by atomic mass is 9.98. The summed E-state index contributed by atoms with van der Waals surface area (Å²) in [5.74, 6) is 1.72. The number of benzene rings is 1. The van der Waals surface area contributed by atoms with Gasteiger partial charge in [0.1, 0.15) is 17.6 Å². The van der Waals surface area contributed by atoms with Crippen LogP contribution in [-0.2, 0) is 24.1 Å². The Morgan fingerprint density at radius 2 is 2.13 bits per heavy atom. The standard InChI is InChI=1S/C18H19N3O2/c1-2-14-7-8-17(23-14)16-11-21(20-19-16)12-18-15-6-4-3-5-13(15)9-10-22-18/h3-8,11,18H,2,9-10,12H2,1H3/t18-/m1/s1. The summed E-state index contributed by atoms with van der Waals surface area (Å²) < 4.78 is 13.5. The van der Waals surface area contributed by atoms with E-state index in [1.165, 1.54) is 11.1 Å². The largest absolute Gasteiger partial charge is 0.459 e. The Bertz CT molecular complexity index is 806. The normalized spacial score (nSPS) is 17.2. The summed E-state index contributed by atoms with van der Waals surface area (Å²) in [6.45, 7) is 3.48. The van der Waals surface area contributed by atoms with Crippen LogP contribution < -0.4 is 0 Å². The first-order chi connectivity index (χ1) is 11.3. The van der Waals surface area contributed by atoms with Gasteiger partial charge in [-0.25, -0.2) is 4.68 Å². The highest BCUT2D eigenvalue weighted by atomic mass is 16.5. The van der Waals surface area contributed by atoms with Crippen molar-refractivity contribution in [3.05, 3.63) is 59.5 Å². The molecule has 0 unspecified atom stereocenters. The number of hydrogen-bond acceptors (Lipinski definition) is 4. The molecule has 1 aliphatic rings. The SMILES string of the molecule is CCc1ccc(-c2cn(C[C@H]3OCCc4ccccc43)nn2)o1. The average Bonchev–Trinajstić information content (AvgIpc) is 3.24. The van der Waals surface area contributed by atoms with Crippen LogP contribution in [0.1, 0.15) is 29.9 Å². The average molecular weight is 309 g/mol. The van der Waals surface area contributed by atoms with Gasteiger partial charge in [0.2, 0.25) is 0 Å². The predicted octanol–water partition coefficient (Wildman–Crippen LogP) is 3.41. The highest BCUT2D eigenvalue weighted by Crippen LogP contribution is 2.28. The number of hydrogen-bond donors (Lipinski definition) is 0. The van der Waals surface area contributed by atoms with Gasteiger partial charge in [0.15, 0.2) is 5.76 Å². The van der Waals surface area contributed by atoms with E-state index in [2.05, 4.69) is 41.5 Å².